The lowest BCUT2D eigenvalue weighted by atomic mass is 10.0. The van der Waals surface area contributed by atoms with E-state index < -0.39 is 0 Å². The van der Waals surface area contributed by atoms with Gasteiger partial charge in [-0.3, -0.25) is 14.2 Å². The molecule has 6 heteroatoms. The molecule has 0 radical (unpaired) electrons. The molecular weight excluding hydrogens is 316 g/mol. The van der Waals surface area contributed by atoms with Gasteiger partial charge in [-0.05, 0) is 44.4 Å². The summed E-state index contributed by atoms with van der Waals surface area (Å²) < 4.78 is 1.39. The van der Waals surface area contributed by atoms with E-state index in [4.69, 9.17) is 0 Å². The first kappa shape index (κ1) is 17.6. The molecule has 2 aromatic rings. The van der Waals surface area contributed by atoms with Gasteiger partial charge in [0.15, 0.2) is 0 Å². The second-order valence-corrected chi connectivity index (χ2v) is 6.83. The Balaban J connectivity index is 1.63. The van der Waals surface area contributed by atoms with Gasteiger partial charge in [0.1, 0.15) is 6.54 Å². The van der Waals surface area contributed by atoms with Crippen LogP contribution in [-0.2, 0) is 11.3 Å². The molecule has 0 aliphatic carbocycles. The fourth-order valence-electron chi connectivity index (χ4n) is 3.50. The number of nitrogens with zero attached hydrogens (tertiary/aromatic N) is 3. The highest BCUT2D eigenvalue weighted by atomic mass is 16.2. The third kappa shape index (κ3) is 4.07. The van der Waals surface area contributed by atoms with Gasteiger partial charge in [0.25, 0.3) is 5.56 Å². The Kier molecular flexibility index (Phi) is 5.48. The number of para-hydroxylation sites is 1. The highest BCUT2D eigenvalue weighted by molar-refractivity contribution is 5.81. The van der Waals surface area contributed by atoms with E-state index >= 15 is 0 Å². The van der Waals surface area contributed by atoms with E-state index in [9.17, 15) is 9.59 Å². The predicted molar refractivity (Wildman–Crippen MR) is 98.6 cm³/mol. The number of rotatable bonds is 5. The normalized spacial score (nSPS) is 16.2. The quantitative estimate of drug-likeness (QED) is 0.898. The van der Waals surface area contributed by atoms with Crippen LogP contribution in [0.3, 0.4) is 0 Å². The van der Waals surface area contributed by atoms with Crippen LogP contribution >= 0.6 is 0 Å². The molecule has 0 atom stereocenters. The number of piperidine rings is 1. The third-order valence-electron chi connectivity index (χ3n) is 4.86. The van der Waals surface area contributed by atoms with Gasteiger partial charge in [-0.25, -0.2) is 4.98 Å². The zero-order chi connectivity index (χ0) is 17.8. The van der Waals surface area contributed by atoms with E-state index in [-0.39, 0.29) is 24.1 Å². The van der Waals surface area contributed by atoms with Crippen molar-refractivity contribution >= 4 is 16.8 Å². The van der Waals surface area contributed by atoms with Crippen LogP contribution in [0.4, 0.5) is 0 Å². The molecule has 1 saturated heterocycles. The largest absolute Gasteiger partial charge is 0.352 e. The first-order valence-corrected chi connectivity index (χ1v) is 9.05. The molecule has 25 heavy (non-hydrogen) atoms. The number of carbonyl (C=O) groups is 1. The van der Waals surface area contributed by atoms with E-state index in [0.29, 0.717) is 10.9 Å². The number of benzene rings is 1. The number of fused-ring (bicyclic) bond motifs is 1. The first-order valence-electron chi connectivity index (χ1n) is 9.05. The molecule has 0 unspecified atom stereocenters. The molecule has 6 nitrogen and oxygen atoms in total. The molecule has 0 spiro atoms. The fraction of sp³-hybridized carbons (Fsp3) is 0.526. The lowest BCUT2D eigenvalue weighted by Crippen LogP contribution is -2.46. The summed E-state index contributed by atoms with van der Waals surface area (Å²) in [5.74, 6) is -0.121. The average Bonchev–Trinajstić information content (AvgIpc) is 2.60. The molecule has 1 amide bonds. The lowest BCUT2D eigenvalue weighted by molar-refractivity contribution is -0.122. The number of amides is 1. The third-order valence-corrected chi connectivity index (χ3v) is 4.86. The van der Waals surface area contributed by atoms with Gasteiger partial charge in [-0.2, -0.15) is 0 Å². The van der Waals surface area contributed by atoms with Crippen molar-refractivity contribution in [1.82, 2.24) is 19.8 Å². The minimum Gasteiger partial charge on any atom is -0.352 e. The first-order chi connectivity index (χ1) is 12.1. The van der Waals surface area contributed by atoms with Crippen molar-refractivity contribution in [2.24, 2.45) is 0 Å². The van der Waals surface area contributed by atoms with Crippen molar-refractivity contribution in [3.63, 3.8) is 0 Å². The Bertz CT molecular complexity index is 807. The molecule has 1 aromatic heterocycles. The van der Waals surface area contributed by atoms with Crippen molar-refractivity contribution in [2.75, 3.05) is 19.6 Å². The minimum absolute atomic E-state index is 0.0187. The van der Waals surface area contributed by atoms with Crippen LogP contribution in [0.1, 0.15) is 31.7 Å². The second-order valence-electron chi connectivity index (χ2n) is 6.83. The topological polar surface area (TPSA) is 67.2 Å². The summed E-state index contributed by atoms with van der Waals surface area (Å²) in [6.07, 6.45) is 4.57. The number of aromatic nitrogens is 2. The summed E-state index contributed by atoms with van der Waals surface area (Å²) in [7, 11) is 0. The van der Waals surface area contributed by atoms with Gasteiger partial charge < -0.3 is 10.2 Å². The van der Waals surface area contributed by atoms with Crippen LogP contribution in [0.2, 0.25) is 0 Å². The highest BCUT2D eigenvalue weighted by Gasteiger charge is 2.20. The van der Waals surface area contributed by atoms with E-state index in [1.54, 1.807) is 6.07 Å². The lowest BCUT2D eigenvalue weighted by Gasteiger charge is -2.32. The molecule has 1 N–H and O–H groups in total. The van der Waals surface area contributed by atoms with Crippen LogP contribution < -0.4 is 10.9 Å². The number of aryl methyl sites for hydroxylation is 1. The van der Waals surface area contributed by atoms with Gasteiger partial charge in [-0.1, -0.05) is 19.1 Å². The average molecular weight is 342 g/mol. The Hall–Kier alpha value is -2.21. The van der Waals surface area contributed by atoms with Crippen molar-refractivity contribution in [3.05, 3.63) is 40.4 Å². The van der Waals surface area contributed by atoms with Crippen molar-refractivity contribution in [2.45, 2.75) is 45.7 Å². The smallest absolute Gasteiger partial charge is 0.261 e. The van der Waals surface area contributed by atoms with Gasteiger partial charge in [-0.15, -0.1) is 0 Å². The Labute approximate surface area is 147 Å². The number of hydrogen-bond donors (Lipinski definition) is 1. The number of hydrogen-bond acceptors (Lipinski definition) is 4. The summed E-state index contributed by atoms with van der Waals surface area (Å²) >= 11 is 0. The maximum atomic E-state index is 12.6. The molecule has 0 bridgehead atoms. The van der Waals surface area contributed by atoms with Crippen molar-refractivity contribution in [1.29, 1.82) is 0 Å². The Morgan fingerprint density at radius 2 is 2.08 bits per heavy atom. The highest BCUT2D eigenvalue weighted by Crippen LogP contribution is 2.12. The van der Waals surface area contributed by atoms with Gasteiger partial charge >= 0.3 is 0 Å². The molecule has 3 rings (SSSR count). The van der Waals surface area contributed by atoms with Crippen LogP contribution in [0.15, 0.2) is 29.3 Å². The number of carbonyl (C=O) groups excluding carboxylic acids is 1. The Morgan fingerprint density at radius 1 is 1.32 bits per heavy atom. The molecule has 134 valence electrons. The fourth-order valence-corrected chi connectivity index (χ4v) is 3.50. The van der Waals surface area contributed by atoms with Crippen LogP contribution in [-0.4, -0.2) is 46.0 Å². The van der Waals surface area contributed by atoms with Crippen LogP contribution in [0, 0.1) is 6.92 Å². The van der Waals surface area contributed by atoms with Crippen LogP contribution in [0.25, 0.3) is 10.9 Å². The van der Waals surface area contributed by atoms with Gasteiger partial charge in [0.2, 0.25) is 5.91 Å². The van der Waals surface area contributed by atoms with E-state index in [1.807, 2.05) is 19.1 Å². The monoisotopic (exact) mass is 342 g/mol. The molecule has 1 aliphatic rings. The maximum absolute atomic E-state index is 12.6. The molecule has 1 aromatic carbocycles. The predicted octanol–water partition coefficient (Wildman–Crippen LogP) is 1.70. The molecule has 1 fully saturated rings. The summed E-state index contributed by atoms with van der Waals surface area (Å²) in [4.78, 5) is 31.7. The van der Waals surface area contributed by atoms with Crippen LogP contribution in [0.5, 0.6) is 0 Å². The summed E-state index contributed by atoms with van der Waals surface area (Å²) in [6, 6.07) is 5.73. The molecule has 2 heterocycles. The number of nitrogens with one attached hydrogen (secondary N) is 1. The summed E-state index contributed by atoms with van der Waals surface area (Å²) in [6.45, 7) is 7.30. The van der Waals surface area contributed by atoms with Gasteiger partial charge in [0, 0.05) is 19.1 Å². The van der Waals surface area contributed by atoms with E-state index in [0.717, 1.165) is 44.5 Å². The minimum atomic E-state index is -0.165. The second kappa shape index (κ2) is 7.78. The maximum Gasteiger partial charge on any atom is 0.261 e. The SMILES string of the molecule is CCCN1CCC(NC(=O)Cn2cnc3c(C)cccc3c2=O)CC1. The zero-order valence-corrected chi connectivity index (χ0v) is 15.0. The van der Waals surface area contributed by atoms with Gasteiger partial charge in [0.05, 0.1) is 17.2 Å². The molecule has 1 aliphatic heterocycles. The van der Waals surface area contributed by atoms with E-state index in [1.165, 1.54) is 10.9 Å². The van der Waals surface area contributed by atoms with Crippen molar-refractivity contribution in [3.8, 4) is 0 Å². The summed E-state index contributed by atoms with van der Waals surface area (Å²) in [5.41, 5.74) is 1.50. The molecular formula is C19H26N4O2. The standard InChI is InChI=1S/C19H26N4O2/c1-3-9-22-10-7-15(8-11-22)21-17(24)12-23-13-20-18-14(2)5-4-6-16(18)19(23)25/h4-6,13,15H,3,7-12H2,1-2H3,(H,21,24). The molecule has 0 saturated carbocycles. The summed E-state index contributed by atoms with van der Waals surface area (Å²) in [5, 5.41) is 3.62. The van der Waals surface area contributed by atoms with E-state index in [2.05, 4.69) is 22.1 Å². The zero-order valence-electron chi connectivity index (χ0n) is 15.0. The van der Waals surface area contributed by atoms with Crippen molar-refractivity contribution < 1.29 is 4.79 Å². The number of likely N-dealkylation sites (tertiary alicyclic amines) is 1. The Morgan fingerprint density at radius 3 is 2.80 bits per heavy atom.